The summed E-state index contributed by atoms with van der Waals surface area (Å²) in [4.78, 5) is 34.8. The fraction of sp³-hybridized carbons (Fsp3) is 0.438. The van der Waals surface area contributed by atoms with Crippen LogP contribution in [0.3, 0.4) is 0 Å². The van der Waals surface area contributed by atoms with E-state index in [-0.39, 0.29) is 30.7 Å². The van der Waals surface area contributed by atoms with E-state index in [1.54, 1.807) is 36.0 Å². The first kappa shape index (κ1) is 20.0. The van der Waals surface area contributed by atoms with Gasteiger partial charge in [-0.1, -0.05) is 0 Å². The average Bonchev–Trinajstić information content (AvgIpc) is 2.59. The fourth-order valence-electron chi connectivity index (χ4n) is 1.80. The van der Waals surface area contributed by atoms with Crippen molar-refractivity contribution in [2.45, 2.75) is 18.9 Å². The molecule has 7 nitrogen and oxygen atoms in total. The molecule has 2 amide bonds. The largest absolute Gasteiger partial charge is 0.469 e. The molecule has 0 saturated heterocycles. The molecule has 0 saturated carbocycles. The molecule has 8 heteroatoms. The highest BCUT2D eigenvalue weighted by atomic mass is 32.2. The predicted molar refractivity (Wildman–Crippen MR) is 95.0 cm³/mol. The maximum Gasteiger partial charge on any atom is 0.307 e. The van der Waals surface area contributed by atoms with Gasteiger partial charge in [0.15, 0.2) is 0 Å². The summed E-state index contributed by atoms with van der Waals surface area (Å²) in [6.45, 7) is 0.203. The second-order valence-corrected chi connectivity index (χ2v) is 6.02. The first-order valence-corrected chi connectivity index (χ1v) is 8.87. The van der Waals surface area contributed by atoms with Crippen molar-refractivity contribution in [2.24, 2.45) is 5.73 Å². The minimum absolute atomic E-state index is 0.115. The third-order valence-electron chi connectivity index (χ3n) is 3.23. The van der Waals surface area contributed by atoms with Crippen LogP contribution in [0.2, 0.25) is 0 Å². The van der Waals surface area contributed by atoms with Crippen molar-refractivity contribution in [2.75, 3.05) is 31.0 Å². The predicted octanol–water partition coefficient (Wildman–Crippen LogP) is 0.998. The van der Waals surface area contributed by atoms with Crippen molar-refractivity contribution in [3.63, 3.8) is 0 Å². The summed E-state index contributed by atoms with van der Waals surface area (Å²) in [5, 5.41) is 5.33. The molecular weight excluding hydrogens is 330 g/mol. The summed E-state index contributed by atoms with van der Waals surface area (Å²) < 4.78 is 4.49. The van der Waals surface area contributed by atoms with Gasteiger partial charge in [-0.3, -0.25) is 14.4 Å². The van der Waals surface area contributed by atoms with Crippen LogP contribution in [-0.2, 0) is 14.3 Å². The Labute approximate surface area is 145 Å². The number of thioether (sulfide) groups is 1. The number of hydrogen-bond acceptors (Lipinski definition) is 6. The topological polar surface area (TPSA) is 111 Å². The molecule has 1 aromatic carbocycles. The highest BCUT2D eigenvalue weighted by Crippen LogP contribution is 2.10. The second-order valence-electron chi connectivity index (χ2n) is 5.04. The summed E-state index contributed by atoms with van der Waals surface area (Å²) in [6.07, 6.45) is 2.68. The Hall–Kier alpha value is -2.06. The Morgan fingerprint density at radius 3 is 2.50 bits per heavy atom. The van der Waals surface area contributed by atoms with E-state index >= 15 is 0 Å². The molecule has 0 radical (unpaired) electrons. The number of methoxy groups -OCH3 is 1. The van der Waals surface area contributed by atoms with E-state index in [1.165, 1.54) is 7.11 Å². The molecule has 0 fully saturated rings. The quantitative estimate of drug-likeness (QED) is 0.571. The zero-order valence-electron chi connectivity index (χ0n) is 13.8. The van der Waals surface area contributed by atoms with Crippen LogP contribution in [0.5, 0.6) is 0 Å². The molecule has 0 spiro atoms. The number of benzene rings is 1. The van der Waals surface area contributed by atoms with E-state index in [1.807, 2.05) is 6.26 Å². The molecule has 4 N–H and O–H groups in total. The molecule has 1 aromatic rings. The zero-order valence-corrected chi connectivity index (χ0v) is 14.7. The Bertz CT molecular complexity index is 563. The summed E-state index contributed by atoms with van der Waals surface area (Å²) in [6, 6.07) is 5.90. The molecule has 0 aliphatic carbocycles. The van der Waals surface area contributed by atoms with Crippen molar-refractivity contribution < 1.29 is 19.1 Å². The SMILES string of the molecule is COC(=O)CCNC(=O)c1ccc(NC(=O)[C@@H](N)CCSC)cc1. The van der Waals surface area contributed by atoms with Gasteiger partial charge < -0.3 is 21.1 Å². The molecule has 0 heterocycles. The van der Waals surface area contributed by atoms with Crippen LogP contribution >= 0.6 is 11.8 Å². The van der Waals surface area contributed by atoms with E-state index in [9.17, 15) is 14.4 Å². The molecule has 0 aliphatic heterocycles. The minimum atomic E-state index is -0.557. The van der Waals surface area contributed by atoms with E-state index in [2.05, 4.69) is 15.4 Å². The first-order chi connectivity index (χ1) is 11.5. The Kier molecular flexibility index (Phi) is 8.88. The zero-order chi connectivity index (χ0) is 17.9. The first-order valence-electron chi connectivity index (χ1n) is 7.48. The normalized spacial score (nSPS) is 11.5. The molecular formula is C16H23N3O4S. The molecule has 0 aliphatic rings. The standard InChI is InChI=1S/C16H23N3O4S/c1-23-14(20)7-9-18-15(21)11-3-5-12(6-4-11)19-16(22)13(17)8-10-24-2/h3-6,13H,7-10,17H2,1-2H3,(H,18,21)(H,19,22)/t13-/m0/s1. The van der Waals surface area contributed by atoms with Gasteiger partial charge in [-0.05, 0) is 42.7 Å². The highest BCUT2D eigenvalue weighted by molar-refractivity contribution is 7.98. The third-order valence-corrected chi connectivity index (χ3v) is 3.87. The average molecular weight is 353 g/mol. The van der Waals surface area contributed by atoms with Crippen LogP contribution in [-0.4, -0.2) is 49.5 Å². The monoisotopic (exact) mass is 353 g/mol. The number of anilines is 1. The second kappa shape index (κ2) is 10.7. The van der Waals surface area contributed by atoms with Gasteiger partial charge in [0, 0.05) is 17.8 Å². The van der Waals surface area contributed by atoms with Crippen molar-refractivity contribution in [3.8, 4) is 0 Å². The summed E-state index contributed by atoms with van der Waals surface area (Å²) in [7, 11) is 1.30. The van der Waals surface area contributed by atoms with Crippen LogP contribution in [0.1, 0.15) is 23.2 Å². The molecule has 132 valence electrons. The number of nitrogens with one attached hydrogen (secondary N) is 2. The lowest BCUT2D eigenvalue weighted by Gasteiger charge is -2.12. The summed E-state index contributed by atoms with van der Waals surface area (Å²) >= 11 is 1.64. The summed E-state index contributed by atoms with van der Waals surface area (Å²) in [5.41, 5.74) is 6.80. The van der Waals surface area contributed by atoms with E-state index in [0.717, 1.165) is 5.75 Å². The molecule has 0 bridgehead atoms. The van der Waals surface area contributed by atoms with Gasteiger partial charge in [0.05, 0.1) is 19.6 Å². The number of carbonyl (C=O) groups excluding carboxylic acids is 3. The van der Waals surface area contributed by atoms with Crippen molar-refractivity contribution in [3.05, 3.63) is 29.8 Å². The van der Waals surface area contributed by atoms with Crippen LogP contribution < -0.4 is 16.4 Å². The molecule has 24 heavy (non-hydrogen) atoms. The maximum absolute atomic E-state index is 11.9. The van der Waals surface area contributed by atoms with Gasteiger partial charge in [0.25, 0.3) is 5.91 Å². The third kappa shape index (κ3) is 7.01. The van der Waals surface area contributed by atoms with E-state index in [0.29, 0.717) is 17.7 Å². The number of nitrogens with two attached hydrogens (primary N) is 1. The lowest BCUT2D eigenvalue weighted by Crippen LogP contribution is -2.36. The number of amides is 2. The minimum Gasteiger partial charge on any atom is -0.469 e. The van der Waals surface area contributed by atoms with Crippen LogP contribution in [0.15, 0.2) is 24.3 Å². The Morgan fingerprint density at radius 1 is 1.25 bits per heavy atom. The fourth-order valence-corrected chi connectivity index (χ4v) is 2.29. The van der Waals surface area contributed by atoms with Crippen molar-refractivity contribution >= 4 is 35.2 Å². The van der Waals surface area contributed by atoms with Gasteiger partial charge in [-0.25, -0.2) is 0 Å². The Morgan fingerprint density at radius 2 is 1.92 bits per heavy atom. The lowest BCUT2D eigenvalue weighted by atomic mass is 10.1. The van der Waals surface area contributed by atoms with Crippen LogP contribution in [0, 0.1) is 0 Å². The van der Waals surface area contributed by atoms with Gasteiger partial charge in [-0.2, -0.15) is 11.8 Å². The molecule has 0 unspecified atom stereocenters. The van der Waals surface area contributed by atoms with Gasteiger partial charge in [0.1, 0.15) is 0 Å². The smallest absolute Gasteiger partial charge is 0.307 e. The van der Waals surface area contributed by atoms with E-state index < -0.39 is 6.04 Å². The Balaban J connectivity index is 2.48. The van der Waals surface area contributed by atoms with Crippen molar-refractivity contribution in [1.29, 1.82) is 0 Å². The maximum atomic E-state index is 11.9. The summed E-state index contributed by atoms with van der Waals surface area (Å²) in [5.74, 6) is -0.113. The van der Waals surface area contributed by atoms with Crippen LogP contribution in [0.25, 0.3) is 0 Å². The highest BCUT2D eigenvalue weighted by Gasteiger charge is 2.13. The molecule has 0 aromatic heterocycles. The van der Waals surface area contributed by atoms with Crippen LogP contribution in [0.4, 0.5) is 5.69 Å². The van der Waals surface area contributed by atoms with Gasteiger partial charge in [-0.15, -0.1) is 0 Å². The number of ether oxygens (including phenoxy) is 1. The lowest BCUT2D eigenvalue weighted by molar-refractivity contribution is -0.140. The van der Waals surface area contributed by atoms with Crippen molar-refractivity contribution in [1.82, 2.24) is 5.32 Å². The molecule has 1 rings (SSSR count). The number of carbonyl (C=O) groups is 3. The molecule has 1 atom stereocenters. The van der Waals surface area contributed by atoms with Gasteiger partial charge in [0.2, 0.25) is 5.91 Å². The number of rotatable bonds is 9. The number of hydrogen-bond donors (Lipinski definition) is 3. The van der Waals surface area contributed by atoms with E-state index in [4.69, 9.17) is 5.73 Å². The van der Waals surface area contributed by atoms with Gasteiger partial charge >= 0.3 is 5.97 Å². The number of esters is 1.